The molecule has 96 valence electrons. The van der Waals surface area contributed by atoms with Gasteiger partial charge in [-0.15, -0.1) is 0 Å². The first-order valence-corrected chi connectivity index (χ1v) is 6.81. The van der Waals surface area contributed by atoms with E-state index in [2.05, 4.69) is 26.5 Å². The predicted molar refractivity (Wildman–Crippen MR) is 86.1 cm³/mol. The normalized spacial score (nSPS) is 11.1. The summed E-state index contributed by atoms with van der Waals surface area (Å²) in [6, 6.07) is 17.8. The highest BCUT2D eigenvalue weighted by Crippen LogP contribution is 2.16. The zero-order valence-corrected chi connectivity index (χ0v) is 12.4. The smallest absolute Gasteiger partial charge is 0.184 e. The van der Waals surface area contributed by atoms with Gasteiger partial charge in [-0.05, 0) is 24.4 Å². The largest absolute Gasteiger partial charge is 0.375 e. The highest BCUT2D eigenvalue weighted by Gasteiger charge is 2.07. The Labute approximate surface area is 125 Å². The summed E-state index contributed by atoms with van der Waals surface area (Å²) in [6.45, 7) is 0. The molecule has 3 nitrogen and oxygen atoms in total. The van der Waals surface area contributed by atoms with Crippen molar-refractivity contribution >= 4 is 39.0 Å². The Hall–Kier alpha value is -1.72. The zero-order chi connectivity index (χ0) is 13.7. The molecule has 0 aliphatic carbocycles. The first-order valence-electron chi connectivity index (χ1n) is 5.61. The molecule has 0 aliphatic heterocycles. The maximum absolute atomic E-state index is 5.43. The van der Waals surface area contributed by atoms with Crippen LogP contribution in [0, 0.1) is 0 Å². The van der Waals surface area contributed by atoms with E-state index in [0.29, 0.717) is 0 Å². The quantitative estimate of drug-likeness (QED) is 0.515. The zero-order valence-electron chi connectivity index (χ0n) is 10.0. The number of hydrazone groups is 1. The monoisotopic (exact) mass is 333 g/mol. The highest BCUT2D eigenvalue weighted by molar-refractivity contribution is 9.10. The molecular weight excluding hydrogens is 322 g/mol. The Morgan fingerprint density at radius 3 is 2.37 bits per heavy atom. The minimum absolute atomic E-state index is 0.142. The van der Waals surface area contributed by atoms with Gasteiger partial charge in [-0.2, -0.15) is 5.10 Å². The number of halogens is 1. The summed E-state index contributed by atoms with van der Waals surface area (Å²) in [4.78, 5) is 0. The molecule has 2 aromatic carbocycles. The van der Waals surface area contributed by atoms with E-state index in [-0.39, 0.29) is 5.11 Å². The van der Waals surface area contributed by atoms with Crippen molar-refractivity contribution in [2.24, 2.45) is 10.8 Å². The minimum atomic E-state index is 0.142. The van der Waals surface area contributed by atoms with Crippen LogP contribution in [0.15, 0.2) is 64.2 Å². The number of nitrogens with two attached hydrogens (primary N) is 1. The number of nitrogens with zero attached hydrogens (tertiary/aromatic N) is 1. The van der Waals surface area contributed by atoms with Crippen molar-refractivity contribution in [3.63, 3.8) is 0 Å². The Morgan fingerprint density at radius 1 is 1.05 bits per heavy atom. The molecule has 19 heavy (non-hydrogen) atoms. The molecular formula is C14H12BrN3S. The second-order valence-electron chi connectivity index (χ2n) is 3.81. The van der Waals surface area contributed by atoms with Crippen LogP contribution in [0.1, 0.15) is 11.1 Å². The van der Waals surface area contributed by atoms with Crippen molar-refractivity contribution in [2.45, 2.75) is 0 Å². The van der Waals surface area contributed by atoms with Gasteiger partial charge in [0.2, 0.25) is 0 Å². The number of hydrogen-bond donors (Lipinski definition) is 2. The molecule has 0 radical (unpaired) electrons. The van der Waals surface area contributed by atoms with E-state index in [4.69, 9.17) is 18.0 Å². The van der Waals surface area contributed by atoms with Crippen LogP contribution in [0.3, 0.4) is 0 Å². The second-order valence-corrected chi connectivity index (χ2v) is 5.17. The molecule has 0 spiro atoms. The van der Waals surface area contributed by atoms with Crippen LogP contribution in [-0.2, 0) is 0 Å². The van der Waals surface area contributed by atoms with Gasteiger partial charge in [0.1, 0.15) is 0 Å². The van der Waals surface area contributed by atoms with E-state index in [1.165, 1.54) is 0 Å². The van der Waals surface area contributed by atoms with Gasteiger partial charge in [0.15, 0.2) is 5.11 Å². The molecule has 3 N–H and O–H groups in total. The summed E-state index contributed by atoms with van der Waals surface area (Å²) in [5.74, 6) is 0. The van der Waals surface area contributed by atoms with Gasteiger partial charge in [-0.1, -0.05) is 58.4 Å². The molecule has 0 saturated carbocycles. The molecule has 0 aliphatic rings. The van der Waals surface area contributed by atoms with Crippen molar-refractivity contribution < 1.29 is 0 Å². The number of hydrogen-bond acceptors (Lipinski definition) is 2. The van der Waals surface area contributed by atoms with Crippen molar-refractivity contribution in [2.75, 3.05) is 0 Å². The van der Waals surface area contributed by atoms with Gasteiger partial charge < -0.3 is 5.73 Å². The Morgan fingerprint density at radius 2 is 1.74 bits per heavy atom. The van der Waals surface area contributed by atoms with E-state index in [9.17, 15) is 0 Å². The fourth-order valence-electron chi connectivity index (χ4n) is 1.64. The lowest BCUT2D eigenvalue weighted by atomic mass is 10.0. The number of benzene rings is 2. The van der Waals surface area contributed by atoms with Crippen LogP contribution in [0.4, 0.5) is 0 Å². The van der Waals surface area contributed by atoms with Crippen molar-refractivity contribution in [1.82, 2.24) is 5.43 Å². The number of thiocarbonyl (C=S) groups is 1. The summed E-state index contributed by atoms with van der Waals surface area (Å²) >= 11 is 8.25. The summed E-state index contributed by atoms with van der Waals surface area (Å²) in [6.07, 6.45) is 0. The molecule has 2 rings (SSSR count). The third kappa shape index (κ3) is 3.87. The molecule has 2 aromatic rings. The molecule has 0 unspecified atom stereocenters. The molecule has 0 aromatic heterocycles. The fourth-order valence-corrected chi connectivity index (χ4v) is 2.08. The summed E-state index contributed by atoms with van der Waals surface area (Å²) < 4.78 is 0.990. The van der Waals surface area contributed by atoms with Crippen LogP contribution in [0.25, 0.3) is 0 Å². The van der Waals surface area contributed by atoms with E-state index in [1.807, 2.05) is 54.6 Å². The average Bonchev–Trinajstić information content (AvgIpc) is 2.40. The van der Waals surface area contributed by atoms with Crippen LogP contribution >= 0.6 is 28.1 Å². The van der Waals surface area contributed by atoms with Crippen molar-refractivity contribution in [1.29, 1.82) is 0 Å². The number of rotatable bonds is 3. The Balaban J connectivity index is 2.46. The molecule has 0 amide bonds. The van der Waals surface area contributed by atoms with Gasteiger partial charge in [0, 0.05) is 15.6 Å². The lowest BCUT2D eigenvalue weighted by Gasteiger charge is -2.08. The molecule has 0 atom stereocenters. The van der Waals surface area contributed by atoms with E-state index < -0.39 is 0 Å². The third-order valence-electron chi connectivity index (χ3n) is 2.42. The fraction of sp³-hybridized carbons (Fsp3) is 0. The SMILES string of the molecule is NC(=S)N/N=C(\c1ccccc1)c1cccc(Br)c1. The lowest BCUT2D eigenvalue weighted by molar-refractivity contribution is 1.03. The maximum Gasteiger partial charge on any atom is 0.184 e. The third-order valence-corrected chi connectivity index (χ3v) is 3.01. The van der Waals surface area contributed by atoms with E-state index in [0.717, 1.165) is 21.3 Å². The number of nitrogens with one attached hydrogen (secondary N) is 1. The molecule has 0 saturated heterocycles. The molecule has 0 fully saturated rings. The predicted octanol–water partition coefficient (Wildman–Crippen LogP) is 3.03. The van der Waals surface area contributed by atoms with Crippen LogP contribution in [0.2, 0.25) is 0 Å². The van der Waals surface area contributed by atoms with Crippen molar-refractivity contribution in [3.05, 3.63) is 70.2 Å². The Kier molecular flexibility index (Phi) is 4.65. The topological polar surface area (TPSA) is 50.4 Å². The van der Waals surface area contributed by atoms with Crippen LogP contribution in [0.5, 0.6) is 0 Å². The standard InChI is InChI=1S/C14H12BrN3S/c15-12-8-4-7-11(9-12)13(17-18-14(16)19)10-5-2-1-3-6-10/h1-9H,(H3,16,18,19)/b17-13+. The molecule has 0 bridgehead atoms. The highest BCUT2D eigenvalue weighted by atomic mass is 79.9. The van der Waals surface area contributed by atoms with Gasteiger partial charge in [0.25, 0.3) is 0 Å². The summed E-state index contributed by atoms with van der Waals surface area (Å²) in [7, 11) is 0. The van der Waals surface area contributed by atoms with Gasteiger partial charge in [-0.3, -0.25) is 5.43 Å². The first-order chi connectivity index (χ1) is 9.16. The Bertz CT molecular complexity index is 611. The minimum Gasteiger partial charge on any atom is -0.375 e. The summed E-state index contributed by atoms with van der Waals surface area (Å²) in [5, 5.41) is 4.43. The van der Waals surface area contributed by atoms with E-state index >= 15 is 0 Å². The lowest BCUT2D eigenvalue weighted by Crippen LogP contribution is -2.26. The molecule has 0 heterocycles. The first kappa shape index (κ1) is 13.7. The van der Waals surface area contributed by atoms with Gasteiger partial charge >= 0.3 is 0 Å². The van der Waals surface area contributed by atoms with Crippen molar-refractivity contribution in [3.8, 4) is 0 Å². The van der Waals surface area contributed by atoms with Crippen LogP contribution < -0.4 is 11.2 Å². The van der Waals surface area contributed by atoms with Crippen LogP contribution in [-0.4, -0.2) is 10.8 Å². The maximum atomic E-state index is 5.43. The average molecular weight is 334 g/mol. The van der Waals surface area contributed by atoms with Gasteiger partial charge in [0.05, 0.1) is 5.71 Å². The molecule has 5 heteroatoms. The van der Waals surface area contributed by atoms with Gasteiger partial charge in [-0.25, -0.2) is 0 Å². The van der Waals surface area contributed by atoms with E-state index in [1.54, 1.807) is 0 Å². The second kappa shape index (κ2) is 6.45. The summed E-state index contributed by atoms with van der Waals surface area (Å²) in [5.41, 5.74) is 10.8.